The minimum Gasteiger partial charge on any atom is -0.359 e. The summed E-state index contributed by atoms with van der Waals surface area (Å²) in [5, 5.41) is 7.80. The molecule has 0 aliphatic heterocycles. The molecule has 1 rings (SSSR count). The fourth-order valence-corrected chi connectivity index (χ4v) is 3.51. The molecule has 3 heteroatoms. The van der Waals surface area contributed by atoms with Crippen LogP contribution < -0.4 is 10.6 Å². The van der Waals surface area contributed by atoms with Crippen molar-refractivity contribution in [3.05, 3.63) is 0 Å². The molecule has 2 atom stereocenters. The predicted molar refractivity (Wildman–Crippen MR) is 83.8 cm³/mol. The average molecular weight is 270 g/mol. The van der Waals surface area contributed by atoms with E-state index in [0.717, 1.165) is 16.9 Å². The highest BCUT2D eigenvalue weighted by Crippen LogP contribution is 2.33. The van der Waals surface area contributed by atoms with Gasteiger partial charge in [-0.2, -0.15) is 0 Å². The molecule has 2 unspecified atom stereocenters. The van der Waals surface area contributed by atoms with Gasteiger partial charge in [-0.05, 0) is 57.7 Å². The number of rotatable bonds is 3. The van der Waals surface area contributed by atoms with Gasteiger partial charge in [0.05, 0.1) is 0 Å². The second-order valence-electron chi connectivity index (χ2n) is 6.64. The predicted octanol–water partition coefficient (Wildman–Crippen LogP) is 3.85. The molecule has 0 spiro atoms. The van der Waals surface area contributed by atoms with Gasteiger partial charge in [-0.3, -0.25) is 0 Å². The number of thiocarbonyl (C=S) groups is 1. The molecule has 0 aromatic rings. The first kappa shape index (κ1) is 15.7. The lowest BCUT2D eigenvalue weighted by Gasteiger charge is -2.39. The van der Waals surface area contributed by atoms with Gasteiger partial charge in [-0.25, -0.2) is 0 Å². The SMILES string of the molecule is CCC1CCCC(CC)C1NC(=S)NC(C)(C)C. The van der Waals surface area contributed by atoms with Crippen molar-refractivity contribution >= 4 is 17.3 Å². The highest BCUT2D eigenvalue weighted by Gasteiger charge is 2.31. The van der Waals surface area contributed by atoms with Crippen molar-refractivity contribution in [2.45, 2.75) is 78.3 Å². The van der Waals surface area contributed by atoms with E-state index in [1.165, 1.54) is 32.1 Å². The van der Waals surface area contributed by atoms with Gasteiger partial charge in [0.25, 0.3) is 0 Å². The molecule has 1 aliphatic carbocycles. The molecule has 1 fully saturated rings. The Morgan fingerprint density at radius 2 is 1.61 bits per heavy atom. The number of hydrogen-bond donors (Lipinski definition) is 2. The first-order valence-electron chi connectivity index (χ1n) is 7.46. The summed E-state index contributed by atoms with van der Waals surface area (Å²) in [6.45, 7) is 11.1. The average Bonchev–Trinajstić information content (AvgIpc) is 2.26. The molecule has 0 aromatic heterocycles. The van der Waals surface area contributed by atoms with Gasteiger partial charge in [-0.1, -0.05) is 33.1 Å². The summed E-state index contributed by atoms with van der Waals surface area (Å²) in [6, 6.07) is 0.566. The van der Waals surface area contributed by atoms with Gasteiger partial charge in [0.15, 0.2) is 5.11 Å². The highest BCUT2D eigenvalue weighted by molar-refractivity contribution is 7.80. The standard InChI is InChI=1S/C15H30N2S/c1-6-11-9-8-10-12(7-2)13(11)16-14(18)17-15(3,4)5/h11-13H,6-10H2,1-5H3,(H2,16,17,18). The molecular weight excluding hydrogens is 240 g/mol. The summed E-state index contributed by atoms with van der Waals surface area (Å²) in [5.41, 5.74) is 0.0438. The van der Waals surface area contributed by atoms with Crippen LogP contribution in [0.4, 0.5) is 0 Å². The van der Waals surface area contributed by atoms with E-state index < -0.39 is 0 Å². The van der Waals surface area contributed by atoms with Crippen LogP contribution in [0.3, 0.4) is 0 Å². The molecule has 0 radical (unpaired) electrons. The Morgan fingerprint density at radius 3 is 2.00 bits per heavy atom. The molecule has 1 aliphatic rings. The van der Waals surface area contributed by atoms with E-state index in [4.69, 9.17) is 12.2 Å². The first-order chi connectivity index (χ1) is 8.37. The summed E-state index contributed by atoms with van der Waals surface area (Å²) >= 11 is 5.46. The minimum atomic E-state index is 0.0438. The Hall–Kier alpha value is -0.310. The van der Waals surface area contributed by atoms with Gasteiger partial charge in [-0.15, -0.1) is 0 Å². The second-order valence-corrected chi connectivity index (χ2v) is 7.05. The zero-order valence-corrected chi connectivity index (χ0v) is 13.5. The minimum absolute atomic E-state index is 0.0438. The summed E-state index contributed by atoms with van der Waals surface area (Å²) in [6.07, 6.45) is 6.60. The van der Waals surface area contributed by atoms with E-state index in [9.17, 15) is 0 Å². The maximum atomic E-state index is 5.46. The van der Waals surface area contributed by atoms with Crippen LogP contribution in [0.5, 0.6) is 0 Å². The van der Waals surface area contributed by atoms with Crippen LogP contribution in [-0.4, -0.2) is 16.7 Å². The maximum Gasteiger partial charge on any atom is 0.166 e. The Labute approximate surface area is 118 Å². The van der Waals surface area contributed by atoms with E-state index in [-0.39, 0.29) is 5.54 Å². The van der Waals surface area contributed by atoms with E-state index in [2.05, 4.69) is 45.3 Å². The van der Waals surface area contributed by atoms with E-state index in [1.54, 1.807) is 0 Å². The molecule has 1 saturated carbocycles. The Kier molecular flexibility index (Phi) is 5.90. The Bertz CT molecular complexity index is 258. The number of nitrogens with one attached hydrogen (secondary N) is 2. The molecule has 2 N–H and O–H groups in total. The van der Waals surface area contributed by atoms with E-state index in [1.807, 2.05) is 0 Å². The van der Waals surface area contributed by atoms with Crippen molar-refractivity contribution in [3.8, 4) is 0 Å². The van der Waals surface area contributed by atoms with Crippen molar-refractivity contribution in [1.29, 1.82) is 0 Å². The van der Waals surface area contributed by atoms with Crippen LogP contribution >= 0.6 is 12.2 Å². The van der Waals surface area contributed by atoms with Crippen LogP contribution in [0.1, 0.15) is 66.7 Å². The normalized spacial score (nSPS) is 28.8. The van der Waals surface area contributed by atoms with Crippen LogP contribution in [-0.2, 0) is 0 Å². The first-order valence-corrected chi connectivity index (χ1v) is 7.86. The fraction of sp³-hybridized carbons (Fsp3) is 0.933. The zero-order chi connectivity index (χ0) is 13.8. The Balaban J connectivity index is 2.61. The summed E-state index contributed by atoms with van der Waals surface area (Å²) < 4.78 is 0. The molecule has 2 nitrogen and oxygen atoms in total. The van der Waals surface area contributed by atoms with Crippen LogP contribution in [0.2, 0.25) is 0 Å². The van der Waals surface area contributed by atoms with Crippen LogP contribution in [0, 0.1) is 11.8 Å². The quantitative estimate of drug-likeness (QED) is 0.762. The largest absolute Gasteiger partial charge is 0.359 e. The fourth-order valence-electron chi connectivity index (χ4n) is 3.07. The van der Waals surface area contributed by atoms with Crippen molar-refractivity contribution in [1.82, 2.24) is 10.6 Å². The lowest BCUT2D eigenvalue weighted by molar-refractivity contribution is 0.192. The summed E-state index contributed by atoms with van der Waals surface area (Å²) in [4.78, 5) is 0. The molecule has 18 heavy (non-hydrogen) atoms. The molecular formula is C15H30N2S. The Morgan fingerprint density at radius 1 is 1.11 bits per heavy atom. The molecule has 0 saturated heterocycles. The third kappa shape index (κ3) is 4.75. The third-order valence-electron chi connectivity index (χ3n) is 4.00. The highest BCUT2D eigenvalue weighted by atomic mass is 32.1. The summed E-state index contributed by atoms with van der Waals surface area (Å²) in [5.74, 6) is 1.56. The molecule has 0 heterocycles. The maximum absolute atomic E-state index is 5.46. The molecule has 106 valence electrons. The molecule has 0 aromatic carbocycles. The van der Waals surface area contributed by atoms with Crippen molar-refractivity contribution in [2.75, 3.05) is 0 Å². The van der Waals surface area contributed by atoms with Gasteiger partial charge in [0.2, 0.25) is 0 Å². The van der Waals surface area contributed by atoms with Crippen molar-refractivity contribution < 1.29 is 0 Å². The van der Waals surface area contributed by atoms with Crippen LogP contribution in [0.15, 0.2) is 0 Å². The van der Waals surface area contributed by atoms with Gasteiger partial charge < -0.3 is 10.6 Å². The molecule has 0 bridgehead atoms. The zero-order valence-electron chi connectivity index (χ0n) is 12.7. The van der Waals surface area contributed by atoms with Crippen molar-refractivity contribution in [3.63, 3.8) is 0 Å². The lowest BCUT2D eigenvalue weighted by atomic mass is 9.74. The van der Waals surface area contributed by atoms with Crippen molar-refractivity contribution in [2.24, 2.45) is 11.8 Å². The smallest absolute Gasteiger partial charge is 0.166 e. The van der Waals surface area contributed by atoms with Gasteiger partial charge in [0.1, 0.15) is 0 Å². The van der Waals surface area contributed by atoms with Gasteiger partial charge in [0, 0.05) is 11.6 Å². The number of hydrogen-bond acceptors (Lipinski definition) is 1. The van der Waals surface area contributed by atoms with Crippen LogP contribution in [0.25, 0.3) is 0 Å². The molecule has 0 amide bonds. The lowest BCUT2D eigenvalue weighted by Crippen LogP contribution is -2.54. The van der Waals surface area contributed by atoms with E-state index >= 15 is 0 Å². The van der Waals surface area contributed by atoms with Gasteiger partial charge >= 0.3 is 0 Å². The third-order valence-corrected chi connectivity index (χ3v) is 4.22. The summed E-state index contributed by atoms with van der Waals surface area (Å²) in [7, 11) is 0. The van der Waals surface area contributed by atoms with E-state index in [0.29, 0.717) is 6.04 Å². The monoisotopic (exact) mass is 270 g/mol. The second kappa shape index (κ2) is 6.74. The topological polar surface area (TPSA) is 24.1 Å².